The predicted molar refractivity (Wildman–Crippen MR) is 45.2 cm³/mol. The van der Waals surface area contributed by atoms with Gasteiger partial charge in [-0.25, -0.2) is 0 Å². The summed E-state index contributed by atoms with van der Waals surface area (Å²) in [6.45, 7) is 6.38. The molecule has 2 heterocycles. The highest BCUT2D eigenvalue weighted by molar-refractivity contribution is 4.77. The van der Waals surface area contributed by atoms with Crippen LogP contribution in [0.25, 0.3) is 0 Å². The molecular weight excluding hydrogens is 172 g/mol. The molecule has 76 valence electrons. The average molecular weight is 188 g/mol. The minimum atomic E-state index is -0.606. The Balaban J connectivity index is 1.88. The SMILES string of the molecule is CC(C)C1OCC2(CO1)OCCO2. The zero-order valence-corrected chi connectivity index (χ0v) is 8.12. The molecule has 0 bridgehead atoms. The molecule has 0 unspecified atom stereocenters. The lowest BCUT2D eigenvalue weighted by Crippen LogP contribution is -2.49. The van der Waals surface area contributed by atoms with Crippen LogP contribution in [-0.2, 0) is 18.9 Å². The summed E-state index contributed by atoms with van der Waals surface area (Å²) in [5.74, 6) is -0.232. The standard InChI is InChI=1S/C9H16O4/c1-7(2)8-10-5-9(6-11-8)12-3-4-13-9/h7-8H,3-6H2,1-2H3. The lowest BCUT2D eigenvalue weighted by molar-refractivity contribution is -0.324. The van der Waals surface area contributed by atoms with Crippen LogP contribution in [0.4, 0.5) is 0 Å². The second kappa shape index (κ2) is 3.53. The smallest absolute Gasteiger partial charge is 0.216 e. The largest absolute Gasteiger partial charge is 0.347 e. The maximum absolute atomic E-state index is 5.50. The van der Waals surface area contributed by atoms with Crippen LogP contribution in [0.5, 0.6) is 0 Å². The molecule has 0 amide bonds. The van der Waals surface area contributed by atoms with Gasteiger partial charge in [-0.2, -0.15) is 0 Å². The first-order valence-corrected chi connectivity index (χ1v) is 4.73. The van der Waals surface area contributed by atoms with E-state index < -0.39 is 5.79 Å². The zero-order chi connectivity index (χ0) is 9.31. The minimum absolute atomic E-state index is 0.113. The van der Waals surface area contributed by atoms with Gasteiger partial charge in [-0.05, 0) is 0 Å². The molecular formula is C9H16O4. The van der Waals surface area contributed by atoms with Gasteiger partial charge in [-0.15, -0.1) is 0 Å². The van der Waals surface area contributed by atoms with Crippen molar-refractivity contribution in [2.24, 2.45) is 5.92 Å². The molecule has 0 radical (unpaired) electrons. The number of rotatable bonds is 1. The first-order chi connectivity index (χ1) is 6.22. The second-order valence-electron chi connectivity index (χ2n) is 3.84. The van der Waals surface area contributed by atoms with Crippen molar-refractivity contribution < 1.29 is 18.9 Å². The van der Waals surface area contributed by atoms with E-state index in [-0.39, 0.29) is 6.29 Å². The van der Waals surface area contributed by atoms with E-state index in [1.54, 1.807) is 0 Å². The summed E-state index contributed by atoms with van der Waals surface area (Å²) in [4.78, 5) is 0. The van der Waals surface area contributed by atoms with Crippen LogP contribution in [0.3, 0.4) is 0 Å². The Bertz CT molecular complexity index is 164. The molecule has 2 saturated heterocycles. The Hall–Kier alpha value is -0.160. The third kappa shape index (κ3) is 1.86. The van der Waals surface area contributed by atoms with Crippen LogP contribution in [0.15, 0.2) is 0 Å². The average Bonchev–Trinajstić information content (AvgIpc) is 2.54. The van der Waals surface area contributed by atoms with Gasteiger partial charge in [-0.1, -0.05) is 13.8 Å². The van der Waals surface area contributed by atoms with E-state index >= 15 is 0 Å². The van der Waals surface area contributed by atoms with Gasteiger partial charge in [0.2, 0.25) is 5.79 Å². The maximum atomic E-state index is 5.50. The van der Waals surface area contributed by atoms with Gasteiger partial charge < -0.3 is 18.9 Å². The van der Waals surface area contributed by atoms with E-state index in [4.69, 9.17) is 18.9 Å². The van der Waals surface area contributed by atoms with Gasteiger partial charge in [0.25, 0.3) is 0 Å². The van der Waals surface area contributed by atoms with E-state index in [2.05, 4.69) is 13.8 Å². The molecule has 0 atom stereocenters. The summed E-state index contributed by atoms with van der Waals surface area (Å²) in [6.07, 6.45) is -0.113. The summed E-state index contributed by atoms with van der Waals surface area (Å²) in [7, 11) is 0. The Morgan fingerprint density at radius 3 is 2.08 bits per heavy atom. The zero-order valence-electron chi connectivity index (χ0n) is 8.12. The molecule has 0 aromatic heterocycles. The highest BCUT2D eigenvalue weighted by Gasteiger charge is 2.42. The van der Waals surface area contributed by atoms with Gasteiger partial charge in [-0.3, -0.25) is 0 Å². The van der Waals surface area contributed by atoms with Crippen molar-refractivity contribution in [3.05, 3.63) is 0 Å². The number of ether oxygens (including phenoxy) is 4. The molecule has 4 nitrogen and oxygen atoms in total. The van der Waals surface area contributed by atoms with Crippen molar-refractivity contribution >= 4 is 0 Å². The van der Waals surface area contributed by atoms with Gasteiger partial charge in [0.05, 0.1) is 13.2 Å². The van der Waals surface area contributed by atoms with Crippen LogP contribution in [0.1, 0.15) is 13.8 Å². The molecule has 0 aromatic carbocycles. The Morgan fingerprint density at radius 2 is 1.62 bits per heavy atom. The molecule has 0 aromatic rings. The fourth-order valence-electron chi connectivity index (χ4n) is 1.56. The first kappa shape index (κ1) is 9.40. The molecule has 2 aliphatic heterocycles. The van der Waals surface area contributed by atoms with Crippen LogP contribution < -0.4 is 0 Å². The molecule has 13 heavy (non-hydrogen) atoms. The Labute approximate surface area is 78.1 Å². The Morgan fingerprint density at radius 1 is 1.08 bits per heavy atom. The molecule has 0 saturated carbocycles. The van der Waals surface area contributed by atoms with Crippen LogP contribution in [-0.4, -0.2) is 38.5 Å². The summed E-state index contributed by atoms with van der Waals surface area (Å²) in [5.41, 5.74) is 0. The summed E-state index contributed by atoms with van der Waals surface area (Å²) in [5, 5.41) is 0. The monoisotopic (exact) mass is 188 g/mol. The molecule has 2 rings (SSSR count). The second-order valence-corrected chi connectivity index (χ2v) is 3.84. The van der Waals surface area contributed by atoms with E-state index in [0.717, 1.165) is 0 Å². The van der Waals surface area contributed by atoms with Crippen molar-refractivity contribution in [3.8, 4) is 0 Å². The molecule has 1 spiro atoms. The summed E-state index contributed by atoms with van der Waals surface area (Å²) < 4.78 is 21.9. The molecule has 4 heteroatoms. The molecule has 2 aliphatic rings. The van der Waals surface area contributed by atoms with Gasteiger partial charge in [0.1, 0.15) is 13.2 Å². The topological polar surface area (TPSA) is 36.9 Å². The quantitative estimate of drug-likeness (QED) is 0.608. The van der Waals surface area contributed by atoms with E-state index in [1.807, 2.05) is 0 Å². The molecule has 2 fully saturated rings. The highest BCUT2D eigenvalue weighted by atomic mass is 16.8. The fourth-order valence-corrected chi connectivity index (χ4v) is 1.56. The van der Waals surface area contributed by atoms with Crippen LogP contribution in [0, 0.1) is 5.92 Å². The number of hydrogen-bond donors (Lipinski definition) is 0. The van der Waals surface area contributed by atoms with Crippen molar-refractivity contribution in [2.75, 3.05) is 26.4 Å². The molecule has 0 aliphatic carbocycles. The fraction of sp³-hybridized carbons (Fsp3) is 1.00. The third-order valence-corrected chi connectivity index (χ3v) is 2.29. The van der Waals surface area contributed by atoms with Gasteiger partial charge in [0.15, 0.2) is 6.29 Å². The lowest BCUT2D eigenvalue weighted by Gasteiger charge is -2.36. The van der Waals surface area contributed by atoms with Crippen LogP contribution >= 0.6 is 0 Å². The van der Waals surface area contributed by atoms with Crippen molar-refractivity contribution in [1.29, 1.82) is 0 Å². The maximum Gasteiger partial charge on any atom is 0.216 e. The van der Waals surface area contributed by atoms with Crippen molar-refractivity contribution in [2.45, 2.75) is 25.9 Å². The molecule has 0 N–H and O–H groups in total. The Kier molecular flexibility index (Phi) is 2.55. The van der Waals surface area contributed by atoms with Crippen LogP contribution in [0.2, 0.25) is 0 Å². The van der Waals surface area contributed by atoms with Crippen molar-refractivity contribution in [1.82, 2.24) is 0 Å². The highest BCUT2D eigenvalue weighted by Crippen LogP contribution is 2.27. The van der Waals surface area contributed by atoms with Crippen molar-refractivity contribution in [3.63, 3.8) is 0 Å². The van der Waals surface area contributed by atoms with E-state index in [0.29, 0.717) is 32.3 Å². The normalized spacial score (nSPS) is 28.8. The number of hydrogen-bond acceptors (Lipinski definition) is 4. The van der Waals surface area contributed by atoms with Gasteiger partial charge >= 0.3 is 0 Å². The van der Waals surface area contributed by atoms with Gasteiger partial charge in [0, 0.05) is 5.92 Å². The first-order valence-electron chi connectivity index (χ1n) is 4.73. The summed E-state index contributed by atoms with van der Waals surface area (Å²) >= 11 is 0. The summed E-state index contributed by atoms with van der Waals surface area (Å²) in [6, 6.07) is 0. The van der Waals surface area contributed by atoms with E-state index in [1.165, 1.54) is 0 Å². The predicted octanol–water partition coefficient (Wildman–Crippen LogP) is 0.758. The minimum Gasteiger partial charge on any atom is -0.347 e. The third-order valence-electron chi connectivity index (χ3n) is 2.29. The lowest BCUT2D eigenvalue weighted by atomic mass is 10.2. The van der Waals surface area contributed by atoms with E-state index in [9.17, 15) is 0 Å².